The molecular formula is C20H26N4O2. The Bertz CT molecular complexity index is 835. The molecule has 0 aliphatic carbocycles. The van der Waals surface area contributed by atoms with E-state index in [0.717, 1.165) is 43.0 Å². The van der Waals surface area contributed by atoms with E-state index in [1.807, 2.05) is 36.4 Å². The molecule has 0 fully saturated rings. The number of benzene rings is 1. The molecule has 26 heavy (non-hydrogen) atoms. The van der Waals surface area contributed by atoms with Crippen LogP contribution in [0.25, 0.3) is 11.0 Å². The molecule has 0 unspecified atom stereocenters. The van der Waals surface area contributed by atoms with Crippen molar-refractivity contribution in [2.24, 2.45) is 0 Å². The first-order valence-corrected chi connectivity index (χ1v) is 9.21. The number of nitrogens with one attached hydrogen (secondary N) is 1. The third-order valence-electron chi connectivity index (χ3n) is 4.62. The Hall–Kier alpha value is -2.60. The van der Waals surface area contributed by atoms with Crippen LogP contribution in [0.2, 0.25) is 0 Å². The maximum atomic E-state index is 12.4. The summed E-state index contributed by atoms with van der Waals surface area (Å²) in [5, 5.41) is 2.97. The lowest BCUT2D eigenvalue weighted by molar-refractivity contribution is -0.116. The van der Waals surface area contributed by atoms with E-state index in [1.54, 1.807) is 6.26 Å². The summed E-state index contributed by atoms with van der Waals surface area (Å²) >= 11 is 0. The highest BCUT2D eigenvalue weighted by Gasteiger charge is 2.14. The summed E-state index contributed by atoms with van der Waals surface area (Å²) in [7, 11) is 0. The molecule has 0 bridgehead atoms. The van der Waals surface area contributed by atoms with Crippen molar-refractivity contribution >= 4 is 22.9 Å². The predicted octanol–water partition coefficient (Wildman–Crippen LogP) is 3.54. The fourth-order valence-electron chi connectivity index (χ4n) is 3.06. The van der Waals surface area contributed by atoms with Gasteiger partial charge in [0.25, 0.3) is 0 Å². The van der Waals surface area contributed by atoms with Gasteiger partial charge < -0.3 is 13.9 Å². The minimum Gasteiger partial charge on any atom is -0.469 e. The minimum atomic E-state index is -0.0548. The van der Waals surface area contributed by atoms with Gasteiger partial charge in [-0.3, -0.25) is 10.1 Å². The van der Waals surface area contributed by atoms with E-state index in [-0.39, 0.29) is 5.91 Å². The van der Waals surface area contributed by atoms with Crippen molar-refractivity contribution in [3.63, 3.8) is 0 Å². The number of anilines is 1. The highest BCUT2D eigenvalue weighted by atomic mass is 16.3. The Kier molecular flexibility index (Phi) is 6.07. The van der Waals surface area contributed by atoms with E-state index in [0.29, 0.717) is 18.8 Å². The standard InChI is InChI=1S/C20H26N4O2/c1-3-23(4-2)13-14-24-18-10-6-5-9-17(18)21-20(24)22-19(25)12-11-16-8-7-15-26-16/h5-10,15H,3-4,11-14H2,1-2H3,(H,21,22,25). The maximum absolute atomic E-state index is 12.4. The van der Waals surface area contributed by atoms with E-state index in [1.165, 1.54) is 0 Å². The quantitative estimate of drug-likeness (QED) is 0.638. The van der Waals surface area contributed by atoms with Crippen molar-refractivity contribution in [1.82, 2.24) is 14.5 Å². The minimum absolute atomic E-state index is 0.0548. The summed E-state index contributed by atoms with van der Waals surface area (Å²) in [5.74, 6) is 1.37. The van der Waals surface area contributed by atoms with Crippen LogP contribution in [0.3, 0.4) is 0 Å². The lowest BCUT2D eigenvalue weighted by Gasteiger charge is -2.19. The first kappa shape index (κ1) is 18.2. The molecule has 1 aromatic carbocycles. The van der Waals surface area contributed by atoms with Crippen molar-refractivity contribution in [2.45, 2.75) is 33.2 Å². The molecule has 6 heteroatoms. The molecule has 0 saturated carbocycles. The molecule has 3 rings (SSSR count). The van der Waals surface area contributed by atoms with E-state index in [2.05, 4.69) is 33.6 Å². The van der Waals surface area contributed by atoms with Gasteiger partial charge in [0.15, 0.2) is 0 Å². The average molecular weight is 354 g/mol. The number of carbonyl (C=O) groups excluding carboxylic acids is 1. The third kappa shape index (κ3) is 4.32. The fourth-order valence-corrected chi connectivity index (χ4v) is 3.06. The van der Waals surface area contributed by atoms with Crippen molar-refractivity contribution in [3.8, 4) is 0 Å². The van der Waals surface area contributed by atoms with Gasteiger partial charge >= 0.3 is 0 Å². The molecule has 0 spiro atoms. The number of carbonyl (C=O) groups is 1. The number of aromatic nitrogens is 2. The monoisotopic (exact) mass is 354 g/mol. The van der Waals surface area contributed by atoms with Crippen LogP contribution in [0.5, 0.6) is 0 Å². The summed E-state index contributed by atoms with van der Waals surface area (Å²) in [6, 6.07) is 11.7. The second-order valence-electron chi connectivity index (χ2n) is 6.23. The van der Waals surface area contributed by atoms with Crippen LogP contribution < -0.4 is 5.32 Å². The van der Waals surface area contributed by atoms with Gasteiger partial charge in [0, 0.05) is 25.9 Å². The number of imidazole rings is 1. The van der Waals surface area contributed by atoms with Crippen LogP contribution in [0.15, 0.2) is 47.1 Å². The number of furan rings is 1. The van der Waals surface area contributed by atoms with Crippen molar-refractivity contribution in [1.29, 1.82) is 0 Å². The van der Waals surface area contributed by atoms with Crippen LogP contribution in [0.1, 0.15) is 26.0 Å². The Morgan fingerprint density at radius 2 is 2.00 bits per heavy atom. The van der Waals surface area contributed by atoms with Crippen LogP contribution in [0.4, 0.5) is 5.95 Å². The number of fused-ring (bicyclic) bond motifs is 1. The molecule has 0 saturated heterocycles. The van der Waals surface area contributed by atoms with Crippen LogP contribution in [-0.4, -0.2) is 40.0 Å². The van der Waals surface area contributed by atoms with Gasteiger partial charge in [0.2, 0.25) is 11.9 Å². The Labute approximate surface area is 153 Å². The Morgan fingerprint density at radius 3 is 2.73 bits per heavy atom. The van der Waals surface area contributed by atoms with Gasteiger partial charge in [0.1, 0.15) is 5.76 Å². The van der Waals surface area contributed by atoms with Gasteiger partial charge in [-0.1, -0.05) is 26.0 Å². The molecule has 138 valence electrons. The van der Waals surface area contributed by atoms with Crippen LogP contribution in [0, 0.1) is 0 Å². The molecule has 0 aliphatic rings. The average Bonchev–Trinajstić information content (AvgIpc) is 3.29. The van der Waals surface area contributed by atoms with Gasteiger partial charge in [-0.2, -0.15) is 0 Å². The first-order valence-electron chi connectivity index (χ1n) is 9.21. The SMILES string of the molecule is CCN(CC)CCn1c(NC(=O)CCc2ccco2)nc2ccccc21. The molecule has 3 aromatic rings. The second-order valence-corrected chi connectivity index (χ2v) is 6.23. The molecule has 2 aromatic heterocycles. The number of amides is 1. The van der Waals surface area contributed by atoms with E-state index in [4.69, 9.17) is 4.42 Å². The molecule has 1 amide bonds. The van der Waals surface area contributed by atoms with E-state index >= 15 is 0 Å². The lowest BCUT2D eigenvalue weighted by atomic mass is 10.2. The number of para-hydroxylation sites is 2. The molecule has 0 radical (unpaired) electrons. The normalized spacial score (nSPS) is 11.3. The number of likely N-dealkylation sites (N-methyl/N-ethyl adjacent to an activating group) is 1. The van der Waals surface area contributed by atoms with Gasteiger partial charge in [-0.15, -0.1) is 0 Å². The molecule has 0 atom stereocenters. The zero-order valence-electron chi connectivity index (χ0n) is 15.4. The largest absolute Gasteiger partial charge is 0.469 e. The summed E-state index contributed by atoms with van der Waals surface area (Å²) in [4.78, 5) is 19.3. The van der Waals surface area contributed by atoms with Gasteiger partial charge in [0.05, 0.1) is 17.3 Å². The van der Waals surface area contributed by atoms with Gasteiger partial charge in [-0.25, -0.2) is 4.98 Å². The molecule has 2 heterocycles. The van der Waals surface area contributed by atoms with Crippen LogP contribution in [-0.2, 0) is 17.8 Å². The lowest BCUT2D eigenvalue weighted by Crippen LogP contribution is -2.27. The van der Waals surface area contributed by atoms with Crippen molar-refractivity contribution in [3.05, 3.63) is 48.4 Å². The number of hydrogen-bond acceptors (Lipinski definition) is 4. The van der Waals surface area contributed by atoms with E-state index in [9.17, 15) is 4.79 Å². The van der Waals surface area contributed by atoms with Crippen molar-refractivity contribution < 1.29 is 9.21 Å². The molecule has 1 N–H and O–H groups in total. The zero-order valence-corrected chi connectivity index (χ0v) is 15.4. The summed E-state index contributed by atoms with van der Waals surface area (Å²) in [5.41, 5.74) is 1.94. The zero-order chi connectivity index (χ0) is 18.4. The van der Waals surface area contributed by atoms with E-state index < -0.39 is 0 Å². The Balaban J connectivity index is 1.73. The van der Waals surface area contributed by atoms with Crippen molar-refractivity contribution in [2.75, 3.05) is 25.0 Å². The highest BCUT2D eigenvalue weighted by Crippen LogP contribution is 2.20. The number of rotatable bonds is 9. The third-order valence-corrected chi connectivity index (χ3v) is 4.62. The number of nitrogens with zero attached hydrogens (tertiary/aromatic N) is 3. The summed E-state index contributed by atoms with van der Waals surface area (Å²) in [6.07, 6.45) is 2.57. The van der Waals surface area contributed by atoms with Crippen LogP contribution >= 0.6 is 0 Å². The second kappa shape index (κ2) is 8.67. The first-order chi connectivity index (χ1) is 12.7. The smallest absolute Gasteiger partial charge is 0.227 e. The topological polar surface area (TPSA) is 63.3 Å². The fraction of sp³-hybridized carbons (Fsp3) is 0.400. The number of aryl methyl sites for hydroxylation is 1. The predicted molar refractivity (Wildman–Crippen MR) is 103 cm³/mol. The maximum Gasteiger partial charge on any atom is 0.227 e. The molecule has 6 nitrogen and oxygen atoms in total. The summed E-state index contributed by atoms with van der Waals surface area (Å²) < 4.78 is 7.38. The number of hydrogen-bond donors (Lipinski definition) is 1. The van der Waals surface area contributed by atoms with Gasteiger partial charge in [-0.05, 0) is 37.4 Å². The Morgan fingerprint density at radius 1 is 1.19 bits per heavy atom. The highest BCUT2D eigenvalue weighted by molar-refractivity contribution is 5.91. The molecule has 0 aliphatic heterocycles. The summed E-state index contributed by atoms with van der Waals surface area (Å²) in [6.45, 7) is 8.04. The molecular weight excluding hydrogens is 328 g/mol.